The number of hydrogen-bond donors (Lipinski definition) is 0. The van der Waals surface area contributed by atoms with E-state index in [2.05, 4.69) is 38.5 Å². The minimum absolute atomic E-state index is 0.595. The van der Waals surface area contributed by atoms with Crippen molar-refractivity contribution in [1.29, 1.82) is 0 Å². The molecule has 1 saturated heterocycles. The lowest BCUT2D eigenvalue weighted by Gasteiger charge is -2.34. The lowest BCUT2D eigenvalue weighted by Crippen LogP contribution is -2.46. The molecule has 1 aromatic carbocycles. The van der Waals surface area contributed by atoms with Crippen molar-refractivity contribution in [3.05, 3.63) is 45.4 Å². The molecule has 0 unspecified atom stereocenters. The van der Waals surface area contributed by atoms with Gasteiger partial charge in [0.2, 0.25) is 0 Å². The summed E-state index contributed by atoms with van der Waals surface area (Å²) in [5.41, 5.74) is 1.32. The summed E-state index contributed by atoms with van der Waals surface area (Å²) in [6.07, 6.45) is 2.48. The van der Waals surface area contributed by atoms with E-state index in [4.69, 9.17) is 23.8 Å². The number of nitrogens with zero attached hydrogens (tertiary/aromatic N) is 5. The van der Waals surface area contributed by atoms with Crippen LogP contribution in [0.25, 0.3) is 0 Å². The van der Waals surface area contributed by atoms with Crippen LogP contribution in [0.2, 0.25) is 5.02 Å². The molecular weight excluding hydrogens is 354 g/mol. The number of rotatable bonds is 5. The number of benzene rings is 1. The minimum Gasteiger partial charge on any atom is -0.301 e. The van der Waals surface area contributed by atoms with Crippen molar-refractivity contribution < 1.29 is 0 Å². The first-order chi connectivity index (χ1) is 12.1. The average Bonchev–Trinajstić information content (AvgIpc) is 3.39. The standard InChI is InChI=1S/C18H24ClN5S/c1-14-20-23(18(25)24(14)17-6-7-17)13-22-10-8-21(9-11-22)12-15-2-4-16(19)5-3-15/h2-5,17H,6-13H2,1H3. The second-order valence-electron chi connectivity index (χ2n) is 7.09. The zero-order valence-electron chi connectivity index (χ0n) is 14.6. The minimum atomic E-state index is 0.595. The molecule has 1 aromatic heterocycles. The van der Waals surface area contributed by atoms with E-state index in [0.29, 0.717) is 6.04 Å². The number of aryl methyl sites for hydroxylation is 1. The summed E-state index contributed by atoms with van der Waals surface area (Å²) in [6.45, 7) is 8.08. The molecule has 2 aliphatic rings. The van der Waals surface area contributed by atoms with E-state index in [9.17, 15) is 0 Å². The molecule has 0 amide bonds. The summed E-state index contributed by atoms with van der Waals surface area (Å²) in [6, 6.07) is 8.75. The van der Waals surface area contributed by atoms with Gasteiger partial charge >= 0.3 is 0 Å². The fraction of sp³-hybridized carbons (Fsp3) is 0.556. The Morgan fingerprint density at radius 3 is 2.36 bits per heavy atom. The van der Waals surface area contributed by atoms with E-state index < -0.39 is 0 Å². The number of aromatic nitrogens is 3. The van der Waals surface area contributed by atoms with Gasteiger partial charge in [0.25, 0.3) is 0 Å². The first-order valence-corrected chi connectivity index (χ1v) is 9.74. The molecule has 1 aliphatic carbocycles. The molecule has 0 spiro atoms. The van der Waals surface area contributed by atoms with Crippen LogP contribution >= 0.6 is 23.8 Å². The molecule has 0 bridgehead atoms. The number of hydrogen-bond acceptors (Lipinski definition) is 4. The summed E-state index contributed by atoms with van der Waals surface area (Å²) >= 11 is 11.6. The van der Waals surface area contributed by atoms with Gasteiger partial charge in [-0.3, -0.25) is 9.80 Å². The molecule has 25 heavy (non-hydrogen) atoms. The average molecular weight is 378 g/mol. The van der Waals surface area contributed by atoms with Crippen LogP contribution in [0.1, 0.15) is 30.3 Å². The van der Waals surface area contributed by atoms with Gasteiger partial charge in [-0.15, -0.1) is 0 Å². The molecule has 4 rings (SSSR count). The highest BCUT2D eigenvalue weighted by molar-refractivity contribution is 7.71. The van der Waals surface area contributed by atoms with Crippen LogP contribution in [0.3, 0.4) is 0 Å². The predicted molar refractivity (Wildman–Crippen MR) is 102 cm³/mol. The maximum Gasteiger partial charge on any atom is 0.199 e. The maximum absolute atomic E-state index is 5.96. The third-order valence-electron chi connectivity index (χ3n) is 5.07. The van der Waals surface area contributed by atoms with Crippen LogP contribution in [-0.4, -0.2) is 50.3 Å². The van der Waals surface area contributed by atoms with Crippen LogP contribution in [0.15, 0.2) is 24.3 Å². The molecule has 0 N–H and O–H groups in total. The Morgan fingerprint density at radius 1 is 1.08 bits per heavy atom. The van der Waals surface area contributed by atoms with Gasteiger partial charge in [0, 0.05) is 43.8 Å². The molecule has 2 aromatic rings. The van der Waals surface area contributed by atoms with Crippen LogP contribution in [-0.2, 0) is 13.2 Å². The number of halogens is 1. The van der Waals surface area contributed by atoms with Gasteiger partial charge in [0.1, 0.15) is 5.82 Å². The Bertz CT molecular complexity index is 785. The van der Waals surface area contributed by atoms with Gasteiger partial charge in [0.05, 0.1) is 6.67 Å². The Balaban J connectivity index is 1.32. The molecular formula is C18H24ClN5S. The summed E-state index contributed by atoms with van der Waals surface area (Å²) in [5, 5.41) is 5.47. The lowest BCUT2D eigenvalue weighted by atomic mass is 10.2. The second-order valence-corrected chi connectivity index (χ2v) is 7.89. The van der Waals surface area contributed by atoms with Crippen molar-refractivity contribution >= 4 is 23.8 Å². The summed E-state index contributed by atoms with van der Waals surface area (Å²) in [4.78, 5) is 4.94. The van der Waals surface area contributed by atoms with Crippen molar-refractivity contribution in [2.45, 2.75) is 39.0 Å². The zero-order chi connectivity index (χ0) is 17.4. The molecule has 2 heterocycles. The Kier molecular flexibility index (Phi) is 4.95. The lowest BCUT2D eigenvalue weighted by molar-refractivity contribution is 0.0979. The SMILES string of the molecule is Cc1nn(CN2CCN(Cc3ccc(Cl)cc3)CC2)c(=S)n1C1CC1. The molecule has 0 atom stereocenters. The molecule has 1 saturated carbocycles. The van der Waals surface area contributed by atoms with E-state index in [0.717, 1.165) is 55.0 Å². The third-order valence-corrected chi connectivity index (χ3v) is 5.73. The molecule has 7 heteroatoms. The molecule has 1 aliphatic heterocycles. The first-order valence-electron chi connectivity index (χ1n) is 8.95. The van der Waals surface area contributed by atoms with Gasteiger partial charge in [0.15, 0.2) is 4.77 Å². The topological polar surface area (TPSA) is 29.2 Å². The van der Waals surface area contributed by atoms with Crippen LogP contribution in [0, 0.1) is 11.7 Å². The fourth-order valence-electron chi connectivity index (χ4n) is 3.50. The van der Waals surface area contributed by atoms with Crippen molar-refractivity contribution in [2.24, 2.45) is 0 Å². The van der Waals surface area contributed by atoms with Crippen LogP contribution < -0.4 is 0 Å². The van der Waals surface area contributed by atoms with Crippen molar-refractivity contribution in [2.75, 3.05) is 26.2 Å². The zero-order valence-corrected chi connectivity index (χ0v) is 16.1. The van der Waals surface area contributed by atoms with Gasteiger partial charge in [-0.25, -0.2) is 4.68 Å². The fourth-order valence-corrected chi connectivity index (χ4v) is 4.01. The molecule has 134 valence electrons. The van der Waals surface area contributed by atoms with Gasteiger partial charge < -0.3 is 4.57 Å². The Labute approximate surface area is 158 Å². The third kappa shape index (κ3) is 3.97. The smallest absolute Gasteiger partial charge is 0.199 e. The maximum atomic E-state index is 5.96. The summed E-state index contributed by atoms with van der Waals surface area (Å²) < 4.78 is 5.10. The second kappa shape index (κ2) is 7.19. The van der Waals surface area contributed by atoms with Crippen molar-refractivity contribution in [3.63, 3.8) is 0 Å². The summed E-state index contributed by atoms with van der Waals surface area (Å²) in [5.74, 6) is 1.05. The Hall–Kier alpha value is -1.21. The summed E-state index contributed by atoms with van der Waals surface area (Å²) in [7, 11) is 0. The van der Waals surface area contributed by atoms with Gasteiger partial charge in [-0.1, -0.05) is 23.7 Å². The highest BCUT2D eigenvalue weighted by Gasteiger charge is 2.27. The Morgan fingerprint density at radius 2 is 1.72 bits per heavy atom. The van der Waals surface area contributed by atoms with E-state index in [-0.39, 0.29) is 0 Å². The van der Waals surface area contributed by atoms with E-state index >= 15 is 0 Å². The molecule has 0 radical (unpaired) electrons. The number of piperazine rings is 1. The monoisotopic (exact) mass is 377 g/mol. The predicted octanol–water partition coefficient (Wildman–Crippen LogP) is 3.49. The molecule has 5 nitrogen and oxygen atoms in total. The van der Waals surface area contributed by atoms with Crippen molar-refractivity contribution in [1.82, 2.24) is 24.1 Å². The van der Waals surface area contributed by atoms with Gasteiger partial charge in [-0.05, 0) is 49.7 Å². The normalized spacial score (nSPS) is 19.4. The van der Waals surface area contributed by atoms with E-state index in [1.165, 1.54) is 18.4 Å². The molecule has 2 fully saturated rings. The van der Waals surface area contributed by atoms with Crippen LogP contribution in [0.4, 0.5) is 0 Å². The van der Waals surface area contributed by atoms with Crippen molar-refractivity contribution in [3.8, 4) is 0 Å². The quantitative estimate of drug-likeness (QED) is 0.746. The van der Waals surface area contributed by atoms with E-state index in [1.54, 1.807) is 0 Å². The van der Waals surface area contributed by atoms with Crippen LogP contribution in [0.5, 0.6) is 0 Å². The highest BCUT2D eigenvalue weighted by atomic mass is 35.5. The highest BCUT2D eigenvalue weighted by Crippen LogP contribution is 2.35. The van der Waals surface area contributed by atoms with Gasteiger partial charge in [-0.2, -0.15) is 5.10 Å². The first kappa shape index (κ1) is 17.2. The van der Waals surface area contributed by atoms with E-state index in [1.807, 2.05) is 16.8 Å². The largest absolute Gasteiger partial charge is 0.301 e.